The minimum atomic E-state index is -0.826. The number of likely N-dealkylation sites (N-methyl/N-ethyl adjacent to an activating group) is 1. The molecule has 7 heteroatoms. The lowest BCUT2D eigenvalue weighted by atomic mass is 10.0. The molecule has 2 aliphatic heterocycles. The summed E-state index contributed by atoms with van der Waals surface area (Å²) in [4.78, 5) is 16.4. The second-order valence-electron chi connectivity index (χ2n) is 7.07. The van der Waals surface area contributed by atoms with Crippen molar-refractivity contribution in [2.75, 3.05) is 33.4 Å². The van der Waals surface area contributed by atoms with E-state index >= 15 is 0 Å². The molecule has 6 nitrogen and oxygen atoms in total. The van der Waals surface area contributed by atoms with Gasteiger partial charge in [0.15, 0.2) is 0 Å². The molecule has 2 fully saturated rings. The van der Waals surface area contributed by atoms with Crippen LogP contribution in [0.2, 0.25) is 0 Å². The minimum absolute atomic E-state index is 0.0434. The van der Waals surface area contributed by atoms with Crippen molar-refractivity contribution in [3.63, 3.8) is 0 Å². The van der Waals surface area contributed by atoms with Crippen LogP contribution >= 0.6 is 0 Å². The van der Waals surface area contributed by atoms with Crippen LogP contribution in [0.25, 0.3) is 0 Å². The second kappa shape index (κ2) is 7.61. The van der Waals surface area contributed by atoms with Gasteiger partial charge in [-0.2, -0.15) is 5.10 Å². The Morgan fingerprint density at radius 2 is 2.38 bits per heavy atom. The highest BCUT2D eigenvalue weighted by Crippen LogP contribution is 2.24. The standard InChI is InChI=1S/C17H27FN4O2/c1-20(17(23)14-4-3-5-24-12-14)11-16-6-15(18)10-22(16)9-13-7-19-21(2)8-13/h7-8,14-16H,3-6,9-12H2,1-2H3/t14?,15-,16-/m0/s1. The SMILES string of the molecule is CN(C[C@@H]1C[C@H](F)CN1Cc1cnn(C)c1)C(=O)C1CCCOC1. The molecular formula is C17H27FN4O2. The number of amides is 1. The summed E-state index contributed by atoms with van der Waals surface area (Å²) in [6.07, 6.45) is 5.26. The number of halogens is 1. The number of hydrogen-bond donors (Lipinski definition) is 0. The van der Waals surface area contributed by atoms with Gasteiger partial charge in [-0.05, 0) is 19.3 Å². The Hall–Kier alpha value is -1.47. The summed E-state index contributed by atoms with van der Waals surface area (Å²) in [7, 11) is 3.70. The van der Waals surface area contributed by atoms with Crippen molar-refractivity contribution < 1.29 is 13.9 Å². The highest BCUT2D eigenvalue weighted by molar-refractivity contribution is 5.78. The van der Waals surface area contributed by atoms with Crippen LogP contribution < -0.4 is 0 Å². The van der Waals surface area contributed by atoms with Crippen LogP contribution in [-0.2, 0) is 23.1 Å². The summed E-state index contributed by atoms with van der Waals surface area (Å²) in [5.41, 5.74) is 1.08. The van der Waals surface area contributed by atoms with Gasteiger partial charge in [-0.15, -0.1) is 0 Å². The maximum absolute atomic E-state index is 14.0. The minimum Gasteiger partial charge on any atom is -0.381 e. The average molecular weight is 338 g/mol. The molecule has 134 valence electrons. The van der Waals surface area contributed by atoms with Crippen LogP contribution in [0.15, 0.2) is 12.4 Å². The zero-order valence-corrected chi connectivity index (χ0v) is 14.5. The van der Waals surface area contributed by atoms with E-state index in [9.17, 15) is 9.18 Å². The van der Waals surface area contributed by atoms with Gasteiger partial charge >= 0.3 is 0 Å². The predicted molar refractivity (Wildman–Crippen MR) is 88.1 cm³/mol. The molecule has 3 atom stereocenters. The van der Waals surface area contributed by atoms with Gasteiger partial charge in [0.25, 0.3) is 0 Å². The first kappa shape index (κ1) is 17.4. The van der Waals surface area contributed by atoms with Crippen molar-refractivity contribution in [2.24, 2.45) is 13.0 Å². The molecule has 1 amide bonds. The van der Waals surface area contributed by atoms with Crippen molar-refractivity contribution in [3.05, 3.63) is 18.0 Å². The fourth-order valence-corrected chi connectivity index (χ4v) is 3.75. The van der Waals surface area contributed by atoms with Gasteiger partial charge in [-0.1, -0.05) is 0 Å². The maximum atomic E-state index is 14.0. The molecule has 1 unspecified atom stereocenters. The highest BCUT2D eigenvalue weighted by Gasteiger charge is 2.34. The normalized spacial score (nSPS) is 28.2. The van der Waals surface area contributed by atoms with Crippen molar-refractivity contribution in [2.45, 2.75) is 38.0 Å². The van der Waals surface area contributed by atoms with E-state index in [1.807, 2.05) is 26.5 Å². The number of aromatic nitrogens is 2. The van der Waals surface area contributed by atoms with Gasteiger partial charge < -0.3 is 9.64 Å². The summed E-state index contributed by atoms with van der Waals surface area (Å²) in [6, 6.07) is 0.0543. The van der Waals surface area contributed by atoms with Gasteiger partial charge in [0.1, 0.15) is 6.17 Å². The smallest absolute Gasteiger partial charge is 0.227 e. The second-order valence-corrected chi connectivity index (χ2v) is 7.07. The average Bonchev–Trinajstić information content (AvgIpc) is 3.13. The first-order valence-electron chi connectivity index (χ1n) is 8.71. The van der Waals surface area contributed by atoms with Crippen LogP contribution in [-0.4, -0.2) is 71.1 Å². The van der Waals surface area contributed by atoms with E-state index in [4.69, 9.17) is 4.74 Å². The molecule has 2 aliphatic rings. The number of alkyl halides is 1. The first-order chi connectivity index (χ1) is 11.5. The van der Waals surface area contributed by atoms with Crippen LogP contribution in [0.3, 0.4) is 0 Å². The molecule has 1 aromatic heterocycles. The van der Waals surface area contributed by atoms with Gasteiger partial charge in [0.05, 0.1) is 18.7 Å². The van der Waals surface area contributed by atoms with Crippen molar-refractivity contribution in [1.82, 2.24) is 19.6 Å². The lowest BCUT2D eigenvalue weighted by Crippen LogP contribution is -2.44. The number of ether oxygens (including phenoxy) is 1. The molecule has 1 aromatic rings. The van der Waals surface area contributed by atoms with E-state index in [2.05, 4.69) is 10.00 Å². The third-order valence-electron chi connectivity index (χ3n) is 4.99. The Bertz CT molecular complexity index is 559. The summed E-state index contributed by atoms with van der Waals surface area (Å²) < 4.78 is 21.1. The van der Waals surface area contributed by atoms with Gasteiger partial charge in [-0.25, -0.2) is 4.39 Å². The largest absolute Gasteiger partial charge is 0.381 e. The Morgan fingerprint density at radius 1 is 1.54 bits per heavy atom. The Balaban J connectivity index is 1.58. The number of rotatable bonds is 5. The lowest BCUT2D eigenvalue weighted by molar-refractivity contribution is -0.139. The molecule has 3 rings (SSSR count). The maximum Gasteiger partial charge on any atom is 0.227 e. The zero-order chi connectivity index (χ0) is 17.1. The number of carbonyl (C=O) groups excluding carboxylic acids is 1. The van der Waals surface area contributed by atoms with Gasteiger partial charge in [0.2, 0.25) is 5.91 Å². The van der Waals surface area contributed by atoms with E-state index < -0.39 is 6.17 Å². The third kappa shape index (κ3) is 4.13. The number of nitrogens with zero attached hydrogens (tertiary/aromatic N) is 4. The van der Waals surface area contributed by atoms with Gasteiger partial charge in [0, 0.05) is 58.1 Å². The fourth-order valence-electron chi connectivity index (χ4n) is 3.75. The topological polar surface area (TPSA) is 50.6 Å². The zero-order valence-electron chi connectivity index (χ0n) is 14.5. The summed E-state index contributed by atoms with van der Waals surface area (Å²) in [6.45, 7) is 2.93. The number of aryl methyl sites for hydroxylation is 1. The van der Waals surface area contributed by atoms with E-state index in [1.54, 1.807) is 9.58 Å². The first-order valence-corrected chi connectivity index (χ1v) is 8.71. The number of carbonyl (C=O) groups is 1. The monoisotopic (exact) mass is 338 g/mol. The van der Waals surface area contributed by atoms with Crippen molar-refractivity contribution in [3.8, 4) is 0 Å². The highest BCUT2D eigenvalue weighted by atomic mass is 19.1. The van der Waals surface area contributed by atoms with Crippen LogP contribution in [0.5, 0.6) is 0 Å². The van der Waals surface area contributed by atoms with Crippen LogP contribution in [0.1, 0.15) is 24.8 Å². The van der Waals surface area contributed by atoms with E-state index in [0.717, 1.165) is 25.0 Å². The molecular weight excluding hydrogens is 311 g/mol. The molecule has 24 heavy (non-hydrogen) atoms. The van der Waals surface area contributed by atoms with Gasteiger partial charge in [-0.3, -0.25) is 14.4 Å². The molecule has 0 radical (unpaired) electrons. The molecule has 0 spiro atoms. The van der Waals surface area contributed by atoms with E-state index in [-0.39, 0.29) is 17.9 Å². The summed E-state index contributed by atoms with van der Waals surface area (Å²) in [5.74, 6) is 0.0800. The Morgan fingerprint density at radius 3 is 3.04 bits per heavy atom. The van der Waals surface area contributed by atoms with Crippen molar-refractivity contribution in [1.29, 1.82) is 0 Å². The van der Waals surface area contributed by atoms with Crippen LogP contribution in [0, 0.1) is 5.92 Å². The third-order valence-corrected chi connectivity index (χ3v) is 4.99. The quantitative estimate of drug-likeness (QED) is 0.810. The van der Waals surface area contributed by atoms with E-state index in [1.165, 1.54) is 0 Å². The molecule has 2 saturated heterocycles. The molecule has 0 aromatic carbocycles. The predicted octanol–water partition coefficient (Wildman–Crippen LogP) is 1.22. The summed E-state index contributed by atoms with van der Waals surface area (Å²) in [5, 5.41) is 4.17. The van der Waals surface area contributed by atoms with Crippen LogP contribution in [0.4, 0.5) is 4.39 Å². The Kier molecular flexibility index (Phi) is 5.50. The van der Waals surface area contributed by atoms with E-state index in [0.29, 0.717) is 32.7 Å². The van der Waals surface area contributed by atoms with Crippen molar-refractivity contribution >= 4 is 5.91 Å². The molecule has 0 bridgehead atoms. The number of likely N-dealkylation sites (tertiary alicyclic amines) is 1. The number of hydrogen-bond acceptors (Lipinski definition) is 4. The fraction of sp³-hybridized carbons (Fsp3) is 0.765. The molecule has 3 heterocycles. The Labute approximate surface area is 142 Å². The lowest BCUT2D eigenvalue weighted by Gasteiger charge is -2.31. The molecule has 0 saturated carbocycles. The molecule has 0 N–H and O–H groups in total. The molecule has 0 aliphatic carbocycles. The summed E-state index contributed by atoms with van der Waals surface area (Å²) >= 11 is 0.